The van der Waals surface area contributed by atoms with Gasteiger partial charge in [0.2, 0.25) is 0 Å². The molecule has 1 N–H and O–H groups in total. The van der Waals surface area contributed by atoms with Crippen LogP contribution < -0.4 is 5.32 Å². The van der Waals surface area contributed by atoms with E-state index in [1.807, 2.05) is 42.6 Å². The second kappa shape index (κ2) is 7.33. The Morgan fingerprint density at radius 2 is 2.05 bits per heavy atom. The largest absolute Gasteiger partial charge is 0.382 e. The predicted molar refractivity (Wildman–Crippen MR) is 92.5 cm³/mol. The number of hydrogen-bond acceptors (Lipinski definition) is 5. The Hall–Kier alpha value is -1.98. The molecule has 0 fully saturated rings. The summed E-state index contributed by atoms with van der Waals surface area (Å²) < 4.78 is 5.37. The van der Waals surface area contributed by atoms with Crippen molar-refractivity contribution < 1.29 is 4.74 Å². The molecule has 0 amide bonds. The minimum atomic E-state index is 0.763. The second-order valence-corrected chi connectivity index (χ2v) is 5.82. The van der Waals surface area contributed by atoms with Crippen LogP contribution in [-0.4, -0.2) is 29.7 Å². The van der Waals surface area contributed by atoms with Crippen molar-refractivity contribution in [1.82, 2.24) is 9.97 Å². The molecule has 0 radical (unpaired) electrons. The molecule has 2 aromatic heterocycles. The third-order valence-corrected chi connectivity index (χ3v) is 4.17. The molecule has 3 rings (SSSR count). The smallest absolute Gasteiger partial charge is 0.172 e. The molecule has 2 heterocycles. The number of hydrogen-bond donors (Lipinski definition) is 1. The Morgan fingerprint density at radius 1 is 1.14 bits per heavy atom. The highest BCUT2D eigenvalue weighted by Crippen LogP contribution is 2.27. The van der Waals surface area contributed by atoms with Crippen molar-refractivity contribution in [3.8, 4) is 10.7 Å². The second-order valence-electron chi connectivity index (χ2n) is 4.87. The van der Waals surface area contributed by atoms with E-state index >= 15 is 0 Å². The van der Waals surface area contributed by atoms with Crippen molar-refractivity contribution >= 4 is 28.1 Å². The lowest BCUT2D eigenvalue weighted by Gasteiger charge is -2.10. The zero-order valence-electron chi connectivity index (χ0n) is 12.6. The van der Waals surface area contributed by atoms with Gasteiger partial charge >= 0.3 is 0 Å². The minimum absolute atomic E-state index is 0.763. The first-order valence-electron chi connectivity index (χ1n) is 7.50. The zero-order chi connectivity index (χ0) is 15.2. The molecule has 0 unspecified atom stereocenters. The molecule has 3 aromatic rings. The Bertz CT molecular complexity index is 728. The van der Waals surface area contributed by atoms with Gasteiger partial charge in [0.1, 0.15) is 5.82 Å². The number of para-hydroxylation sites is 1. The van der Waals surface area contributed by atoms with Gasteiger partial charge in [0.05, 0.1) is 10.4 Å². The first kappa shape index (κ1) is 14.9. The van der Waals surface area contributed by atoms with Crippen LogP contribution >= 0.6 is 11.3 Å². The summed E-state index contributed by atoms with van der Waals surface area (Å²) in [6.07, 6.45) is 0.959. The molecule has 5 heteroatoms. The van der Waals surface area contributed by atoms with Crippen molar-refractivity contribution in [2.45, 2.75) is 13.3 Å². The van der Waals surface area contributed by atoms with Gasteiger partial charge in [0.25, 0.3) is 0 Å². The molecule has 22 heavy (non-hydrogen) atoms. The van der Waals surface area contributed by atoms with Crippen molar-refractivity contribution in [2.24, 2.45) is 0 Å². The van der Waals surface area contributed by atoms with Crippen LogP contribution in [0.5, 0.6) is 0 Å². The Labute approximate surface area is 134 Å². The van der Waals surface area contributed by atoms with Crippen molar-refractivity contribution in [3.05, 3.63) is 41.8 Å². The van der Waals surface area contributed by atoms with Crippen LogP contribution in [0.3, 0.4) is 0 Å². The van der Waals surface area contributed by atoms with Crippen LogP contribution in [0.15, 0.2) is 41.8 Å². The van der Waals surface area contributed by atoms with E-state index in [4.69, 9.17) is 9.72 Å². The lowest BCUT2D eigenvalue weighted by atomic mass is 10.2. The third-order valence-electron chi connectivity index (χ3n) is 3.31. The van der Waals surface area contributed by atoms with Gasteiger partial charge in [-0.05, 0) is 36.9 Å². The molecule has 0 aliphatic rings. The molecule has 0 atom stereocenters. The van der Waals surface area contributed by atoms with Crippen molar-refractivity contribution in [1.29, 1.82) is 0 Å². The molecular formula is C17H19N3OS. The highest BCUT2D eigenvalue weighted by molar-refractivity contribution is 7.13. The van der Waals surface area contributed by atoms with Gasteiger partial charge in [-0.15, -0.1) is 11.3 Å². The summed E-state index contributed by atoms with van der Waals surface area (Å²) in [7, 11) is 0. The predicted octanol–water partition coefficient (Wildman–Crippen LogP) is 4.20. The number of anilines is 1. The maximum atomic E-state index is 5.37. The minimum Gasteiger partial charge on any atom is -0.382 e. The fourth-order valence-corrected chi connectivity index (χ4v) is 2.91. The molecule has 0 aliphatic heterocycles. The normalized spacial score (nSPS) is 11.0. The first-order chi connectivity index (χ1) is 10.9. The van der Waals surface area contributed by atoms with E-state index in [1.165, 1.54) is 0 Å². The quantitative estimate of drug-likeness (QED) is 0.664. The number of nitrogens with zero attached hydrogens (tertiary/aromatic N) is 2. The fourth-order valence-electron chi connectivity index (χ4n) is 2.25. The van der Waals surface area contributed by atoms with Crippen LogP contribution in [-0.2, 0) is 4.74 Å². The average Bonchev–Trinajstić information content (AvgIpc) is 3.09. The van der Waals surface area contributed by atoms with Crippen LogP contribution in [0.2, 0.25) is 0 Å². The standard InChI is InChI=1S/C17H19N3OS/c1-2-21-11-6-10-18-16-13-7-3-4-8-14(13)19-17(20-16)15-9-5-12-22-15/h3-5,7-9,12H,2,6,10-11H2,1H3,(H,18,19,20). The number of nitrogens with one attached hydrogen (secondary N) is 1. The van der Waals surface area contributed by atoms with E-state index in [0.29, 0.717) is 0 Å². The lowest BCUT2D eigenvalue weighted by molar-refractivity contribution is 0.147. The number of ether oxygens (including phenoxy) is 1. The first-order valence-corrected chi connectivity index (χ1v) is 8.38. The Morgan fingerprint density at radius 3 is 2.86 bits per heavy atom. The molecule has 4 nitrogen and oxygen atoms in total. The SMILES string of the molecule is CCOCCCNc1nc(-c2cccs2)nc2ccccc12. The highest BCUT2D eigenvalue weighted by Gasteiger charge is 2.09. The van der Waals surface area contributed by atoms with E-state index in [1.54, 1.807) is 11.3 Å². The van der Waals surface area contributed by atoms with Crippen LogP contribution in [0.4, 0.5) is 5.82 Å². The lowest BCUT2D eigenvalue weighted by Crippen LogP contribution is -2.08. The van der Waals surface area contributed by atoms with Gasteiger partial charge in [-0.3, -0.25) is 0 Å². The Balaban J connectivity index is 1.86. The molecule has 114 valence electrons. The molecule has 0 spiro atoms. The number of benzene rings is 1. The number of fused-ring (bicyclic) bond motifs is 1. The summed E-state index contributed by atoms with van der Waals surface area (Å²) in [4.78, 5) is 10.5. The Kier molecular flexibility index (Phi) is 4.98. The van der Waals surface area contributed by atoms with Gasteiger partial charge in [-0.25, -0.2) is 9.97 Å². The van der Waals surface area contributed by atoms with E-state index in [-0.39, 0.29) is 0 Å². The van der Waals surface area contributed by atoms with Crippen molar-refractivity contribution in [3.63, 3.8) is 0 Å². The summed E-state index contributed by atoms with van der Waals surface area (Å²) in [5, 5.41) is 6.52. The fraction of sp³-hybridized carbons (Fsp3) is 0.294. The van der Waals surface area contributed by atoms with Gasteiger partial charge in [0, 0.05) is 25.1 Å². The monoisotopic (exact) mass is 313 g/mol. The number of rotatable bonds is 7. The average molecular weight is 313 g/mol. The summed E-state index contributed by atoms with van der Waals surface area (Å²) in [5.74, 6) is 1.67. The van der Waals surface area contributed by atoms with Crippen molar-refractivity contribution in [2.75, 3.05) is 25.1 Å². The molecule has 1 aromatic carbocycles. The topological polar surface area (TPSA) is 47.0 Å². The number of aromatic nitrogens is 2. The maximum Gasteiger partial charge on any atom is 0.172 e. The zero-order valence-corrected chi connectivity index (χ0v) is 13.4. The number of thiophene rings is 1. The van der Waals surface area contributed by atoms with E-state index in [2.05, 4.69) is 16.4 Å². The van der Waals surface area contributed by atoms with E-state index in [9.17, 15) is 0 Å². The third kappa shape index (κ3) is 3.43. The van der Waals surface area contributed by atoms with Crippen LogP contribution in [0.1, 0.15) is 13.3 Å². The van der Waals surface area contributed by atoms with Gasteiger partial charge in [-0.2, -0.15) is 0 Å². The highest BCUT2D eigenvalue weighted by atomic mass is 32.1. The summed E-state index contributed by atoms with van der Waals surface area (Å²) in [6.45, 7) is 4.38. The molecule has 0 bridgehead atoms. The van der Waals surface area contributed by atoms with Crippen LogP contribution in [0.25, 0.3) is 21.6 Å². The summed E-state index contributed by atoms with van der Waals surface area (Å²) in [5.41, 5.74) is 0.966. The van der Waals surface area contributed by atoms with Gasteiger partial charge in [0.15, 0.2) is 5.82 Å². The molecule has 0 saturated carbocycles. The molecular weight excluding hydrogens is 294 g/mol. The van der Waals surface area contributed by atoms with Gasteiger partial charge in [-0.1, -0.05) is 18.2 Å². The van der Waals surface area contributed by atoms with E-state index < -0.39 is 0 Å². The van der Waals surface area contributed by atoms with Gasteiger partial charge < -0.3 is 10.1 Å². The summed E-state index contributed by atoms with van der Waals surface area (Å²) >= 11 is 1.66. The molecule has 0 saturated heterocycles. The molecule has 0 aliphatic carbocycles. The summed E-state index contributed by atoms with van der Waals surface area (Å²) in [6, 6.07) is 12.2. The van der Waals surface area contributed by atoms with Crippen LogP contribution in [0, 0.1) is 0 Å². The van der Waals surface area contributed by atoms with E-state index in [0.717, 1.165) is 53.6 Å². The maximum absolute atomic E-state index is 5.37.